The first-order valence-corrected chi connectivity index (χ1v) is 56.5. The number of carboxylic acid groups (broad SMARTS) is 1. The van der Waals surface area contributed by atoms with Gasteiger partial charge in [0, 0.05) is 112 Å². The van der Waals surface area contributed by atoms with Crippen molar-refractivity contribution < 1.29 is 62.0 Å². The number of esters is 1. The molecular weight excluding hydrogens is 1980 g/mol. The number of hydrogen-bond acceptors (Lipinski definition) is 13. The summed E-state index contributed by atoms with van der Waals surface area (Å²) in [4.78, 5) is 61.4. The number of fused-ring (bicyclic) bond motifs is 4. The molecule has 15 nitrogen and oxygen atoms in total. The van der Waals surface area contributed by atoms with Crippen LogP contribution in [0, 0.1) is 32.8 Å². The van der Waals surface area contributed by atoms with Crippen LogP contribution in [-0.4, -0.2) is 79.3 Å². The molecule has 11 aromatic carbocycles. The molecule has 0 saturated carbocycles. The zero-order valence-electron chi connectivity index (χ0n) is 80.9. The predicted molar refractivity (Wildman–Crippen MR) is 600 cm³/mol. The van der Waals surface area contributed by atoms with Crippen LogP contribution < -0.4 is 41.2 Å². The smallest absolute Gasteiger partial charge is 0.361 e. The van der Waals surface area contributed by atoms with Gasteiger partial charge in [-0.25, -0.2) is 14.0 Å². The third-order valence-electron chi connectivity index (χ3n) is 22.5. The van der Waals surface area contributed by atoms with Gasteiger partial charge in [-0.05, 0) is 263 Å². The molecule has 2 aliphatic heterocycles. The van der Waals surface area contributed by atoms with Crippen LogP contribution in [0.2, 0.25) is 0 Å². The molecule has 2 aliphatic rings. The fraction of sp³-hybridized carbons (Fsp3) is 0.0738. The number of ether oxygens (including phenoxy) is 3. The first-order chi connectivity index (χ1) is 69.7. The van der Waals surface area contributed by atoms with Gasteiger partial charge >= 0.3 is 28.6 Å². The van der Waals surface area contributed by atoms with Crippen LogP contribution in [0.25, 0.3) is 92.2 Å². The van der Waals surface area contributed by atoms with Crippen molar-refractivity contribution in [2.45, 2.75) is 34.6 Å². The average Bonchev–Trinajstić information content (AvgIpc) is 0.744. The molecule has 10 heterocycles. The molecule has 19 aromatic rings. The van der Waals surface area contributed by atoms with Crippen molar-refractivity contribution in [3.8, 4) is 90.9 Å². The van der Waals surface area contributed by atoms with Crippen LogP contribution in [0.1, 0.15) is 88.1 Å². The summed E-state index contributed by atoms with van der Waals surface area (Å²) in [5.74, 6) is 3.52. The van der Waals surface area contributed by atoms with Gasteiger partial charge in [-0.3, -0.25) is 34.7 Å². The molecule has 21 rings (SSSR count). The molecule has 0 saturated heterocycles. The topological polar surface area (TPSA) is 201 Å². The van der Waals surface area contributed by atoms with E-state index in [1.54, 1.807) is 49.3 Å². The van der Waals surface area contributed by atoms with E-state index in [2.05, 4.69) is 186 Å². The van der Waals surface area contributed by atoms with E-state index in [0.29, 0.717) is 23.5 Å². The van der Waals surface area contributed by atoms with Crippen molar-refractivity contribution in [3.05, 3.63) is 524 Å². The van der Waals surface area contributed by atoms with E-state index in [1.807, 2.05) is 312 Å². The fourth-order valence-electron chi connectivity index (χ4n) is 15.2. The fourth-order valence-corrected chi connectivity index (χ4v) is 19.3. The Hall–Kier alpha value is -14.6. The van der Waals surface area contributed by atoms with Crippen LogP contribution in [0.4, 0.5) is 0 Å². The van der Waals surface area contributed by atoms with Crippen molar-refractivity contribution in [1.29, 1.82) is 0 Å². The van der Waals surface area contributed by atoms with Crippen molar-refractivity contribution in [2.24, 2.45) is 0 Å². The van der Waals surface area contributed by atoms with Crippen LogP contribution in [0.3, 0.4) is 0 Å². The van der Waals surface area contributed by atoms with E-state index in [9.17, 15) is 19.5 Å². The van der Waals surface area contributed by atoms with Gasteiger partial charge in [-0.2, -0.15) is 0 Å². The van der Waals surface area contributed by atoms with Crippen LogP contribution >= 0.6 is 49.2 Å². The second-order valence-corrected chi connectivity index (χ2v) is 44.3. The number of benzene rings is 11. The zero-order chi connectivity index (χ0) is 100. The molecule has 8 aromatic heterocycles. The zero-order valence-corrected chi connectivity index (χ0v) is 88.7. The molecule has 0 spiro atoms. The van der Waals surface area contributed by atoms with Crippen LogP contribution in [-0.2, 0) is 24.2 Å². The molecule has 0 amide bonds. The van der Waals surface area contributed by atoms with E-state index in [-0.39, 0.29) is 51.6 Å². The average molecular weight is 2090 g/mol. The summed E-state index contributed by atoms with van der Waals surface area (Å²) >= 11 is 0. The molecule has 716 valence electrons. The third-order valence-corrected chi connectivity index (χ3v) is 28.4. The number of aromatic carboxylic acids is 1. The Balaban J connectivity index is 0.000000141. The van der Waals surface area contributed by atoms with Crippen molar-refractivity contribution >= 4 is 102 Å². The summed E-state index contributed by atoms with van der Waals surface area (Å²) in [6.45, 7) is 25.1. The quantitative estimate of drug-likeness (QED) is 0.0314. The second kappa shape index (κ2) is 54.0. The van der Waals surface area contributed by atoms with Crippen molar-refractivity contribution in [2.75, 3.05) is 26.6 Å². The van der Waals surface area contributed by atoms with Gasteiger partial charge in [0.05, 0.1) is 84.1 Å². The summed E-state index contributed by atoms with van der Waals surface area (Å²) in [5.41, 5.74) is 23.2. The van der Waals surface area contributed by atoms with Gasteiger partial charge in [0.15, 0.2) is 13.0 Å². The van der Waals surface area contributed by atoms with Crippen LogP contribution in [0.5, 0.6) is 23.0 Å². The monoisotopic (exact) mass is 2090 g/mol. The minimum absolute atomic E-state index is 0. The Bertz CT molecular complexity index is 7400. The minimum Gasteiger partial charge on any atom is -0.478 e. The Morgan fingerprint density at radius 2 is 0.826 bits per heavy atom. The van der Waals surface area contributed by atoms with Gasteiger partial charge in [-0.1, -0.05) is 253 Å². The number of ketones is 1. The Morgan fingerprint density at radius 3 is 1.26 bits per heavy atom. The number of carbonyl (C=O) groups is 3. The maximum absolute atomic E-state index is 12.7. The maximum Gasteiger partial charge on any atom is 0.361 e. The number of nitrogens with zero attached hydrogens (tertiary/aromatic N) is 6. The Labute approximate surface area is 863 Å². The van der Waals surface area contributed by atoms with Gasteiger partial charge in [-0.15, -0.1) is 8.93 Å². The Morgan fingerprint density at radius 1 is 0.417 bits per heavy atom. The van der Waals surface area contributed by atoms with Gasteiger partial charge in [0.1, 0.15) is 35.2 Å². The van der Waals surface area contributed by atoms with E-state index in [1.165, 1.54) is 21.9 Å². The summed E-state index contributed by atoms with van der Waals surface area (Å²) in [5, 5.41) is 15.8. The number of rotatable bonds is 16. The van der Waals surface area contributed by atoms with Crippen molar-refractivity contribution in [1.82, 2.24) is 29.9 Å². The van der Waals surface area contributed by atoms with Gasteiger partial charge in [0.25, 0.3) is 0 Å². The van der Waals surface area contributed by atoms with E-state index < -0.39 is 5.97 Å². The second-order valence-electron chi connectivity index (χ2n) is 32.7. The van der Waals surface area contributed by atoms with Crippen molar-refractivity contribution in [3.63, 3.8) is 0 Å². The van der Waals surface area contributed by atoms with Gasteiger partial charge in [0.2, 0.25) is 0 Å². The first kappa shape index (κ1) is 107. The minimum atomic E-state index is -0.946. The summed E-state index contributed by atoms with van der Waals surface area (Å²) in [6.07, 6.45) is 10.6. The van der Waals surface area contributed by atoms with Crippen LogP contribution in [0.15, 0.2) is 440 Å². The van der Waals surface area contributed by atoms with E-state index in [4.69, 9.17) is 23.0 Å². The predicted octanol–water partition coefficient (Wildman–Crippen LogP) is 27.7. The summed E-state index contributed by atoms with van der Waals surface area (Å²) in [7, 11) is 7.25. The number of hydrogen-bond donors (Lipinski definition) is 1. The molecule has 22 heteroatoms. The molecule has 0 radical (unpaired) electrons. The normalized spacial score (nSPS) is 11.4. The summed E-state index contributed by atoms with van der Waals surface area (Å²) in [6, 6.07) is 128. The van der Waals surface area contributed by atoms with E-state index in [0.717, 1.165) is 178 Å². The Kier molecular flexibility index (Phi) is 40.0. The number of carbonyl (C=O) groups excluding carboxylic acids is 2. The molecule has 0 fully saturated rings. The maximum atomic E-state index is 12.7. The third kappa shape index (κ3) is 29.3. The number of pyridine rings is 6. The molecule has 0 aliphatic carbocycles. The van der Waals surface area contributed by atoms with Gasteiger partial charge < -0.3 is 23.7 Å². The summed E-state index contributed by atoms with van der Waals surface area (Å²) < 4.78 is 29.8. The molecule has 6 unspecified atom stereocenters. The standard InChI is InChI=1S/C26H24O3.C23H17O.C22H16O3.C13H10O.3C10H8N2.C8H17OP6.Ru/c1-6-28-26(27)20-10-8-7-9-19(20)25-21-11-15(2)17(4)13-23(21)29-24-14-18(5)16(3)12-22(24)25;1-4-10-18(11-5-1)21-16-22(19-12-6-2-7-13-19)24-23(17-21)20-14-8-3-9-15-20;1-13-7-9-17-19(11-13)25-20-12-14(2)8-10-18(20)21(17)15-5-3-4-6-16(15)22(23)24;14-13(11-7-3-1-4-8-11)12-9-5-2-6-10-12;3*1-3-7-11-9(5-1)10-6-2-4-8-12-10;1-12-13-7-4-6(14(2)10)5-8(9-7)15(3)11;/h7-14H,4,6H2,1-3,5H3;1-17H;3-12H,1H2,2H3,(H,23,24);1-10H;3*1-8H;4-5,12-13H,10-11H2,1-3H3;/q;+1;;;;;;+1;. The molecule has 144 heavy (non-hydrogen) atoms. The molecule has 1 N–H and O–H groups in total. The SMILES string of the molecule is C=c1cc2c(cc1C)=C(c1ccccc1C(=O)OCC)c1cc(C)c(C)cc1O2.C=c1ccc2c(c1)Oc1cc(C)ccc1C=2c1ccccc1C(=O)O.CPPc1cc(P(C)P)cc(=[P+](C)P)o1.O=C(c1ccccc1)c1ccccc1.[Ru].c1ccc(-c2cc(-c3ccccc3)[o+]c(-c3ccccc3)c2)cc1.c1ccc(-c2ccccn2)nc1.c1ccc(-c2ccccn2)nc1.c1ccc(-c2ccccn2)nc1. The van der Waals surface area contributed by atoms with E-state index >= 15 is 0 Å². The number of carboxylic acids is 1. The molecule has 6 atom stereocenters. The number of aryl methyl sites for hydroxylation is 4. The molecular formula is C122H108N6O9P6Ru+2. The largest absolute Gasteiger partial charge is 0.478 e. The first-order valence-electron chi connectivity index (χ1n) is 46.2. The number of aromatic nitrogens is 6. The molecule has 0 bridgehead atoms.